The fraction of sp³-hybridized carbons (Fsp3) is 0.625. The Morgan fingerprint density at radius 3 is 2.22 bits per heavy atom. The Balaban J connectivity index is 0.000000384. The number of aromatic nitrogens is 1. The van der Waals surface area contributed by atoms with Crippen molar-refractivity contribution in [1.29, 1.82) is 5.26 Å². The smallest absolute Gasteiger partial charge is 0.475 e. The topological polar surface area (TPSA) is 141 Å². The fourth-order valence-corrected chi connectivity index (χ4v) is 5.95. The molecule has 4 heterocycles. The van der Waals surface area contributed by atoms with Crippen molar-refractivity contribution < 1.29 is 32.7 Å². The first-order valence-electron chi connectivity index (χ1n) is 12.0. The summed E-state index contributed by atoms with van der Waals surface area (Å²) in [6.45, 7) is 0. The Bertz CT molecular complexity index is 1030. The lowest BCUT2D eigenvalue weighted by Crippen LogP contribution is -2.55. The first-order chi connectivity index (χ1) is 17.0. The number of likely N-dealkylation sites (tertiary alicyclic amines) is 1. The van der Waals surface area contributed by atoms with Crippen LogP contribution in [-0.2, 0) is 20.8 Å². The molecule has 12 heteroatoms. The minimum absolute atomic E-state index is 0.0532. The van der Waals surface area contributed by atoms with Gasteiger partial charge in [0.05, 0.1) is 18.5 Å². The highest BCUT2D eigenvalue weighted by Gasteiger charge is 2.56. The number of aliphatic carboxylic acids is 1. The number of nitriles is 1. The zero-order valence-electron chi connectivity index (χ0n) is 19.5. The largest absolute Gasteiger partial charge is 0.490 e. The summed E-state index contributed by atoms with van der Waals surface area (Å²) in [5.41, 5.74) is 7.44. The number of amides is 2. The van der Waals surface area contributed by atoms with E-state index in [0.717, 1.165) is 44.1 Å². The van der Waals surface area contributed by atoms with Gasteiger partial charge in [0.2, 0.25) is 11.8 Å². The van der Waals surface area contributed by atoms with Crippen molar-refractivity contribution in [3.05, 3.63) is 30.1 Å². The molecule has 6 atom stereocenters. The van der Waals surface area contributed by atoms with E-state index in [1.165, 1.54) is 0 Å². The van der Waals surface area contributed by atoms with Crippen LogP contribution in [0.15, 0.2) is 24.5 Å². The molecule has 2 amide bonds. The lowest BCUT2D eigenvalue weighted by Gasteiger charge is -2.41. The number of alkyl halides is 3. The summed E-state index contributed by atoms with van der Waals surface area (Å²) >= 11 is 0. The number of piperidine rings is 2. The van der Waals surface area contributed by atoms with E-state index in [9.17, 15) is 28.0 Å². The van der Waals surface area contributed by atoms with Gasteiger partial charge in [-0.3, -0.25) is 14.6 Å². The van der Waals surface area contributed by atoms with E-state index in [0.29, 0.717) is 12.3 Å². The highest BCUT2D eigenvalue weighted by molar-refractivity contribution is 5.84. The number of pyridine rings is 1. The van der Waals surface area contributed by atoms with Crippen LogP contribution in [0.2, 0.25) is 0 Å². The minimum Gasteiger partial charge on any atom is -0.475 e. The Hall–Kier alpha value is -3.20. The van der Waals surface area contributed by atoms with E-state index in [-0.39, 0.29) is 41.9 Å². The molecule has 1 aromatic rings. The average molecular weight is 508 g/mol. The van der Waals surface area contributed by atoms with Crippen LogP contribution >= 0.6 is 0 Å². The van der Waals surface area contributed by atoms with Gasteiger partial charge >= 0.3 is 12.1 Å². The second kappa shape index (κ2) is 10.0. The molecule has 1 saturated carbocycles. The molecule has 2 unspecified atom stereocenters. The molecule has 3 saturated heterocycles. The van der Waals surface area contributed by atoms with Crippen LogP contribution in [0.4, 0.5) is 13.2 Å². The maximum atomic E-state index is 13.1. The Morgan fingerprint density at radius 2 is 1.69 bits per heavy atom. The third-order valence-electron chi connectivity index (χ3n) is 7.71. The number of hydrogen-bond donors (Lipinski definition) is 2. The predicted octanol–water partition coefficient (Wildman–Crippen LogP) is 1.87. The zero-order chi connectivity index (χ0) is 26.2. The molecule has 1 aromatic heterocycles. The van der Waals surface area contributed by atoms with Crippen molar-refractivity contribution in [2.24, 2.45) is 17.6 Å². The van der Waals surface area contributed by atoms with Gasteiger partial charge in [0.1, 0.15) is 6.04 Å². The Morgan fingerprint density at radius 1 is 1.11 bits per heavy atom. The van der Waals surface area contributed by atoms with Gasteiger partial charge < -0.3 is 20.6 Å². The zero-order valence-corrected chi connectivity index (χ0v) is 19.5. The fourth-order valence-electron chi connectivity index (χ4n) is 5.95. The summed E-state index contributed by atoms with van der Waals surface area (Å²) in [5, 5.41) is 16.5. The molecule has 2 bridgehead atoms. The van der Waals surface area contributed by atoms with Crippen LogP contribution < -0.4 is 5.73 Å². The van der Waals surface area contributed by atoms with Crippen molar-refractivity contribution >= 4 is 17.8 Å². The van der Waals surface area contributed by atoms with Gasteiger partial charge in [-0.25, -0.2) is 4.79 Å². The number of rotatable bonds is 4. The number of carboxylic acid groups (broad SMARTS) is 1. The maximum absolute atomic E-state index is 13.1. The van der Waals surface area contributed by atoms with Gasteiger partial charge in [0.15, 0.2) is 0 Å². The summed E-state index contributed by atoms with van der Waals surface area (Å²) in [5.74, 6) is -2.07. The average Bonchev–Trinajstić information content (AvgIpc) is 3.42. The molecular formula is C24H28F3N5O4. The van der Waals surface area contributed by atoms with Gasteiger partial charge in [-0.2, -0.15) is 18.4 Å². The highest BCUT2D eigenvalue weighted by atomic mass is 19.4. The molecule has 194 valence electrons. The van der Waals surface area contributed by atoms with E-state index in [4.69, 9.17) is 15.6 Å². The quantitative estimate of drug-likeness (QED) is 0.634. The van der Waals surface area contributed by atoms with E-state index < -0.39 is 18.2 Å². The monoisotopic (exact) mass is 507 g/mol. The number of fused-ring (bicyclic) bond motifs is 3. The SMILES string of the molecule is N#C[C@@H]1C[C@@H]2C[C@@H]2N1C(=O)[C@@H](N)C1CC2CCC(C1)N2C(=O)Cc1ccncc1.O=C(O)C(F)(F)F. The molecule has 5 rings (SSSR count). The predicted molar refractivity (Wildman–Crippen MR) is 119 cm³/mol. The molecule has 36 heavy (non-hydrogen) atoms. The van der Waals surface area contributed by atoms with Crippen molar-refractivity contribution in [3.63, 3.8) is 0 Å². The third kappa shape index (κ3) is 5.31. The van der Waals surface area contributed by atoms with Crippen LogP contribution in [0.5, 0.6) is 0 Å². The molecule has 0 radical (unpaired) electrons. The second-order valence-corrected chi connectivity index (χ2v) is 9.97. The molecular weight excluding hydrogens is 479 g/mol. The van der Waals surface area contributed by atoms with E-state index in [1.807, 2.05) is 12.1 Å². The Labute approximate surface area is 206 Å². The van der Waals surface area contributed by atoms with Crippen LogP contribution in [0, 0.1) is 23.2 Å². The molecule has 3 N–H and O–H groups in total. The lowest BCUT2D eigenvalue weighted by atomic mass is 9.84. The third-order valence-corrected chi connectivity index (χ3v) is 7.71. The Kier molecular flexibility index (Phi) is 7.22. The summed E-state index contributed by atoms with van der Waals surface area (Å²) in [6.07, 6.45) is 4.09. The maximum Gasteiger partial charge on any atom is 0.490 e. The van der Waals surface area contributed by atoms with Crippen LogP contribution in [0.1, 0.15) is 44.1 Å². The second-order valence-electron chi connectivity index (χ2n) is 9.97. The van der Waals surface area contributed by atoms with Crippen molar-refractivity contribution in [2.75, 3.05) is 0 Å². The van der Waals surface area contributed by atoms with Gasteiger partial charge in [0.25, 0.3) is 0 Å². The van der Waals surface area contributed by atoms with Crippen LogP contribution in [0.25, 0.3) is 0 Å². The van der Waals surface area contributed by atoms with Crippen molar-refractivity contribution in [2.45, 2.75) is 81.3 Å². The summed E-state index contributed by atoms with van der Waals surface area (Å²) in [6, 6.07) is 5.75. The van der Waals surface area contributed by atoms with Gasteiger partial charge in [0, 0.05) is 30.5 Å². The summed E-state index contributed by atoms with van der Waals surface area (Å²) in [7, 11) is 0. The molecule has 4 aliphatic rings. The van der Waals surface area contributed by atoms with E-state index in [1.54, 1.807) is 17.3 Å². The minimum atomic E-state index is -5.08. The molecule has 1 aliphatic carbocycles. The summed E-state index contributed by atoms with van der Waals surface area (Å²) < 4.78 is 31.7. The first-order valence-corrected chi connectivity index (χ1v) is 12.0. The van der Waals surface area contributed by atoms with Crippen molar-refractivity contribution in [1.82, 2.24) is 14.8 Å². The number of carbonyl (C=O) groups is 3. The van der Waals surface area contributed by atoms with Gasteiger partial charge in [-0.05, 0) is 68.1 Å². The molecule has 9 nitrogen and oxygen atoms in total. The highest BCUT2D eigenvalue weighted by Crippen LogP contribution is 2.48. The number of carbonyl (C=O) groups excluding carboxylic acids is 2. The number of nitrogens with two attached hydrogens (primary N) is 1. The van der Waals surface area contributed by atoms with Crippen LogP contribution in [0.3, 0.4) is 0 Å². The summed E-state index contributed by atoms with van der Waals surface area (Å²) in [4.78, 5) is 42.8. The van der Waals surface area contributed by atoms with Crippen molar-refractivity contribution in [3.8, 4) is 6.07 Å². The molecule has 3 aliphatic heterocycles. The molecule has 4 fully saturated rings. The molecule has 0 aromatic carbocycles. The number of halogens is 3. The number of hydrogen-bond acceptors (Lipinski definition) is 6. The number of nitrogens with zero attached hydrogens (tertiary/aromatic N) is 4. The molecule has 0 spiro atoms. The lowest BCUT2D eigenvalue weighted by molar-refractivity contribution is -0.192. The van der Waals surface area contributed by atoms with E-state index in [2.05, 4.69) is 16.0 Å². The van der Waals surface area contributed by atoms with Gasteiger partial charge in [-0.15, -0.1) is 0 Å². The van der Waals surface area contributed by atoms with E-state index >= 15 is 0 Å². The van der Waals surface area contributed by atoms with Crippen LogP contribution in [-0.4, -0.2) is 74.1 Å². The standard InChI is InChI=1S/C22H27N5O2.C2HF3O2/c23-12-18-8-14-11-19(14)27(18)22(29)21(24)15-9-16-1-2-17(10-15)26(16)20(28)7-13-3-5-25-6-4-13;3-2(4,5)1(6)7/h3-6,14-19,21H,1-2,7-11,24H2;(H,6,7)/t14-,15?,16?,17?,18+,19+,21+;/m1./s1. The first kappa shape index (κ1) is 25.9. The van der Waals surface area contributed by atoms with Gasteiger partial charge in [-0.1, -0.05) is 0 Å². The number of carboxylic acids is 1. The normalized spacial score (nSPS) is 31.0.